The molecule has 2 heterocycles. The van der Waals surface area contributed by atoms with Gasteiger partial charge in [-0.05, 0) is 43.4 Å². The zero-order chi connectivity index (χ0) is 20.7. The molecule has 0 saturated carbocycles. The predicted molar refractivity (Wildman–Crippen MR) is 118 cm³/mol. The molecule has 7 heteroatoms. The Labute approximate surface area is 178 Å². The molecule has 1 aliphatic heterocycles. The van der Waals surface area contributed by atoms with E-state index in [0.717, 1.165) is 16.5 Å². The number of para-hydroxylation sites is 1. The molecule has 1 aromatic heterocycles. The van der Waals surface area contributed by atoms with Gasteiger partial charge in [0, 0.05) is 46.8 Å². The highest BCUT2D eigenvalue weighted by Gasteiger charge is 2.34. The van der Waals surface area contributed by atoms with Crippen LogP contribution in [0.1, 0.15) is 18.1 Å². The van der Waals surface area contributed by atoms with E-state index in [2.05, 4.69) is 0 Å². The monoisotopic (exact) mass is 427 g/mol. The minimum Gasteiger partial charge on any atom is -0.342 e. The van der Waals surface area contributed by atoms with Gasteiger partial charge in [-0.3, -0.25) is 9.69 Å². The molecule has 1 saturated heterocycles. The van der Waals surface area contributed by atoms with Gasteiger partial charge in [0.05, 0.1) is 6.54 Å². The average molecular weight is 428 g/mol. The lowest BCUT2D eigenvalue weighted by Gasteiger charge is -2.13. The zero-order valence-corrected chi connectivity index (χ0v) is 17.6. The fourth-order valence-corrected chi connectivity index (χ4v) is 4.15. The van der Waals surface area contributed by atoms with Crippen molar-refractivity contribution in [2.75, 3.05) is 13.6 Å². The maximum absolute atomic E-state index is 14.3. The van der Waals surface area contributed by atoms with Gasteiger partial charge < -0.3 is 9.47 Å². The molecule has 148 valence electrons. The Morgan fingerprint density at radius 2 is 1.93 bits per heavy atom. The van der Waals surface area contributed by atoms with Crippen molar-refractivity contribution < 1.29 is 9.18 Å². The number of carbonyl (C=O) groups is 1. The van der Waals surface area contributed by atoms with Crippen molar-refractivity contribution in [1.82, 2.24) is 14.4 Å². The van der Waals surface area contributed by atoms with E-state index < -0.39 is 0 Å². The molecule has 4 rings (SSSR count). The van der Waals surface area contributed by atoms with Crippen molar-refractivity contribution in [3.63, 3.8) is 0 Å². The fourth-order valence-electron chi connectivity index (χ4n) is 3.61. The lowest BCUT2D eigenvalue weighted by atomic mass is 10.1. The van der Waals surface area contributed by atoms with Crippen LogP contribution < -0.4 is 0 Å². The number of thiocarbonyl (C=S) groups is 1. The van der Waals surface area contributed by atoms with Crippen molar-refractivity contribution in [2.24, 2.45) is 0 Å². The lowest BCUT2D eigenvalue weighted by molar-refractivity contribution is -0.122. The third-order valence-corrected chi connectivity index (χ3v) is 6.01. The molecule has 0 spiro atoms. The minimum absolute atomic E-state index is 0.117. The maximum atomic E-state index is 14.3. The van der Waals surface area contributed by atoms with Crippen molar-refractivity contribution in [3.05, 3.63) is 76.3 Å². The quantitative estimate of drug-likeness (QED) is 0.438. The highest BCUT2D eigenvalue weighted by Crippen LogP contribution is 2.29. The van der Waals surface area contributed by atoms with Gasteiger partial charge in [0.15, 0.2) is 5.11 Å². The number of rotatable bonds is 4. The Bertz CT molecular complexity index is 1150. The van der Waals surface area contributed by atoms with Gasteiger partial charge in [0.2, 0.25) is 0 Å². The van der Waals surface area contributed by atoms with Gasteiger partial charge in [-0.2, -0.15) is 0 Å². The van der Waals surface area contributed by atoms with Crippen LogP contribution in [-0.2, 0) is 11.3 Å². The van der Waals surface area contributed by atoms with Crippen LogP contribution in [0.25, 0.3) is 17.0 Å². The van der Waals surface area contributed by atoms with Crippen LogP contribution in [0.5, 0.6) is 0 Å². The van der Waals surface area contributed by atoms with Gasteiger partial charge in [-0.25, -0.2) is 4.39 Å². The molecule has 1 amide bonds. The summed E-state index contributed by atoms with van der Waals surface area (Å²) in [6.07, 6.45) is 3.76. The van der Waals surface area contributed by atoms with Crippen LogP contribution in [0.3, 0.4) is 0 Å². The summed E-state index contributed by atoms with van der Waals surface area (Å²) in [6, 6.07) is 12.5. The van der Waals surface area contributed by atoms with E-state index in [4.69, 9.17) is 23.8 Å². The third-order valence-electron chi connectivity index (χ3n) is 5.16. The van der Waals surface area contributed by atoms with E-state index in [0.29, 0.717) is 34.5 Å². The maximum Gasteiger partial charge on any atom is 0.276 e. The summed E-state index contributed by atoms with van der Waals surface area (Å²) in [5.41, 5.74) is 2.75. The molecule has 3 aromatic rings. The van der Waals surface area contributed by atoms with Crippen LogP contribution in [0.4, 0.5) is 4.39 Å². The number of fused-ring (bicyclic) bond motifs is 1. The number of amides is 1. The van der Waals surface area contributed by atoms with Gasteiger partial charge in [-0.15, -0.1) is 0 Å². The number of hydrogen-bond acceptors (Lipinski definition) is 2. The molecular formula is C22H19ClFN3OS. The Balaban J connectivity index is 1.82. The van der Waals surface area contributed by atoms with Crippen molar-refractivity contribution in [2.45, 2.75) is 13.5 Å². The van der Waals surface area contributed by atoms with Crippen molar-refractivity contribution in [1.29, 1.82) is 0 Å². The molecule has 1 fully saturated rings. The summed E-state index contributed by atoms with van der Waals surface area (Å²) in [5, 5.41) is 1.84. The van der Waals surface area contributed by atoms with Crippen molar-refractivity contribution in [3.8, 4) is 0 Å². The smallest absolute Gasteiger partial charge is 0.276 e. The largest absolute Gasteiger partial charge is 0.342 e. The molecular weight excluding hydrogens is 409 g/mol. The van der Waals surface area contributed by atoms with E-state index in [1.165, 1.54) is 6.07 Å². The van der Waals surface area contributed by atoms with Gasteiger partial charge in [0.1, 0.15) is 11.5 Å². The number of hydrogen-bond donors (Lipinski definition) is 0. The molecule has 2 aromatic carbocycles. The molecule has 0 aliphatic carbocycles. The van der Waals surface area contributed by atoms with E-state index in [9.17, 15) is 9.18 Å². The first-order chi connectivity index (χ1) is 13.9. The fraction of sp³-hybridized carbons (Fsp3) is 0.182. The zero-order valence-electron chi connectivity index (χ0n) is 16.0. The Morgan fingerprint density at radius 1 is 1.17 bits per heavy atom. The van der Waals surface area contributed by atoms with Crippen LogP contribution in [-0.4, -0.2) is 39.0 Å². The van der Waals surface area contributed by atoms with Crippen LogP contribution in [0.2, 0.25) is 5.02 Å². The number of nitrogens with zero attached hydrogens (tertiary/aromatic N) is 3. The molecule has 29 heavy (non-hydrogen) atoms. The van der Waals surface area contributed by atoms with Crippen LogP contribution in [0, 0.1) is 5.82 Å². The average Bonchev–Trinajstić information content (AvgIpc) is 3.15. The Kier molecular flexibility index (Phi) is 5.15. The first-order valence-corrected chi connectivity index (χ1v) is 10.0. The number of carbonyl (C=O) groups excluding carboxylic acids is 1. The van der Waals surface area contributed by atoms with Gasteiger partial charge in [0.25, 0.3) is 5.91 Å². The number of likely N-dealkylation sites (N-methyl/N-ethyl adjacent to an activating group) is 2. The topological polar surface area (TPSA) is 28.5 Å². The molecule has 4 nitrogen and oxygen atoms in total. The first kappa shape index (κ1) is 19.6. The number of aromatic nitrogens is 1. The van der Waals surface area contributed by atoms with Gasteiger partial charge in [-0.1, -0.05) is 35.9 Å². The first-order valence-electron chi connectivity index (χ1n) is 9.24. The second-order valence-corrected chi connectivity index (χ2v) is 7.62. The Morgan fingerprint density at radius 3 is 2.62 bits per heavy atom. The normalized spacial score (nSPS) is 15.9. The molecule has 0 radical (unpaired) electrons. The molecule has 0 N–H and O–H groups in total. The highest BCUT2D eigenvalue weighted by atomic mass is 35.5. The summed E-state index contributed by atoms with van der Waals surface area (Å²) in [7, 11) is 1.79. The Hall–Kier alpha value is -2.70. The van der Waals surface area contributed by atoms with E-state index in [1.54, 1.807) is 29.0 Å². The minimum atomic E-state index is -0.343. The second kappa shape index (κ2) is 7.61. The number of benzene rings is 2. The van der Waals surface area contributed by atoms with Crippen molar-refractivity contribution >= 4 is 51.8 Å². The SMILES string of the molecule is CCN1C(=O)/C(=C\c2cn(Cc3c(F)cccc3Cl)c3ccccc23)N(C)C1=S. The lowest BCUT2D eigenvalue weighted by Crippen LogP contribution is -2.30. The molecule has 0 unspecified atom stereocenters. The summed E-state index contributed by atoms with van der Waals surface area (Å²) in [4.78, 5) is 16.0. The number of halogens is 2. The second-order valence-electron chi connectivity index (χ2n) is 6.85. The summed E-state index contributed by atoms with van der Waals surface area (Å²) >= 11 is 11.6. The third kappa shape index (κ3) is 3.32. The summed E-state index contributed by atoms with van der Waals surface area (Å²) < 4.78 is 16.3. The summed E-state index contributed by atoms with van der Waals surface area (Å²) in [5.74, 6) is -0.459. The van der Waals surface area contributed by atoms with Crippen LogP contribution >= 0.6 is 23.8 Å². The molecule has 0 bridgehead atoms. The highest BCUT2D eigenvalue weighted by molar-refractivity contribution is 7.80. The molecule has 1 aliphatic rings. The standard InChI is InChI=1S/C22H19ClFN3OS/c1-3-27-21(28)20(25(2)22(27)29)11-14-12-26(19-10-5-4-7-15(14)19)13-16-17(23)8-6-9-18(16)24/h4-12H,3,13H2,1-2H3/b20-11+. The van der Waals surface area contributed by atoms with E-state index >= 15 is 0 Å². The predicted octanol–water partition coefficient (Wildman–Crippen LogP) is 4.90. The van der Waals surface area contributed by atoms with E-state index in [1.807, 2.05) is 48.0 Å². The van der Waals surface area contributed by atoms with Gasteiger partial charge >= 0.3 is 0 Å². The van der Waals surface area contributed by atoms with Crippen LogP contribution in [0.15, 0.2) is 54.4 Å². The molecule has 0 atom stereocenters. The summed E-state index contributed by atoms with van der Waals surface area (Å²) in [6.45, 7) is 2.70. The van der Waals surface area contributed by atoms with E-state index in [-0.39, 0.29) is 11.7 Å².